The standard InChI is InChI=1S/C13H17NO2.ClH/c1-2-3-8-16-13-6-4-11(5-7-13)9-12(14)10-15;/h4-7,12,15H,8-10,14H2,1H3;1H. The molecule has 0 radical (unpaired) electrons. The molecule has 0 saturated carbocycles. The quantitative estimate of drug-likeness (QED) is 0.782. The summed E-state index contributed by atoms with van der Waals surface area (Å²) in [5.41, 5.74) is 6.73. The molecule has 0 aromatic heterocycles. The fourth-order valence-electron chi connectivity index (χ4n) is 1.28. The van der Waals surface area contributed by atoms with Crippen molar-refractivity contribution < 1.29 is 9.84 Å². The number of aliphatic hydroxyl groups excluding tert-OH is 1. The van der Waals surface area contributed by atoms with Crippen LogP contribution in [0.2, 0.25) is 0 Å². The topological polar surface area (TPSA) is 55.5 Å². The number of halogens is 1. The van der Waals surface area contributed by atoms with Gasteiger partial charge in [0.2, 0.25) is 0 Å². The molecule has 1 atom stereocenters. The minimum Gasteiger partial charge on any atom is -0.481 e. The second-order valence-corrected chi connectivity index (χ2v) is 3.51. The van der Waals surface area contributed by atoms with Crippen LogP contribution in [0.4, 0.5) is 0 Å². The highest BCUT2D eigenvalue weighted by molar-refractivity contribution is 5.85. The third-order valence-corrected chi connectivity index (χ3v) is 2.14. The lowest BCUT2D eigenvalue weighted by atomic mass is 10.1. The third kappa shape index (κ3) is 6.18. The molecule has 0 heterocycles. The van der Waals surface area contributed by atoms with Crippen molar-refractivity contribution in [2.45, 2.75) is 19.4 Å². The molecule has 1 aromatic rings. The minimum atomic E-state index is -0.197. The second-order valence-electron chi connectivity index (χ2n) is 3.51. The van der Waals surface area contributed by atoms with Gasteiger partial charge < -0.3 is 15.6 Å². The summed E-state index contributed by atoms with van der Waals surface area (Å²) in [6, 6.07) is 7.47. The maximum Gasteiger partial charge on any atom is 0.149 e. The zero-order valence-electron chi connectivity index (χ0n) is 9.85. The minimum absolute atomic E-state index is 0. The Morgan fingerprint density at radius 1 is 1.35 bits per heavy atom. The summed E-state index contributed by atoms with van der Waals surface area (Å²) in [6.45, 7) is 2.19. The molecule has 0 aliphatic rings. The Balaban J connectivity index is 0.00000256. The normalized spacial score (nSPS) is 10.8. The first-order chi connectivity index (χ1) is 7.76. The molecule has 1 rings (SSSR count). The van der Waals surface area contributed by atoms with Crippen LogP contribution in [-0.4, -0.2) is 24.4 Å². The summed E-state index contributed by atoms with van der Waals surface area (Å²) in [7, 11) is 0. The van der Waals surface area contributed by atoms with E-state index in [9.17, 15) is 0 Å². The van der Waals surface area contributed by atoms with Crippen LogP contribution in [0.5, 0.6) is 5.75 Å². The van der Waals surface area contributed by atoms with Crippen molar-refractivity contribution in [3.63, 3.8) is 0 Å². The molecule has 0 bridgehead atoms. The maximum atomic E-state index is 8.83. The Morgan fingerprint density at radius 2 is 2.00 bits per heavy atom. The molecule has 0 fully saturated rings. The Hall–Kier alpha value is -1.21. The van der Waals surface area contributed by atoms with Gasteiger partial charge in [0.1, 0.15) is 12.4 Å². The summed E-state index contributed by atoms with van der Waals surface area (Å²) in [6.07, 6.45) is 0.672. The van der Waals surface area contributed by atoms with E-state index in [1.165, 1.54) is 0 Å². The van der Waals surface area contributed by atoms with Crippen LogP contribution < -0.4 is 10.5 Å². The molecule has 0 amide bonds. The average molecular weight is 256 g/mol. The highest BCUT2D eigenvalue weighted by Crippen LogP contribution is 2.12. The predicted molar refractivity (Wildman–Crippen MR) is 71.4 cm³/mol. The Kier molecular flexibility index (Phi) is 8.25. The first-order valence-electron chi connectivity index (χ1n) is 5.24. The van der Waals surface area contributed by atoms with E-state index < -0.39 is 0 Å². The number of hydrogen-bond donors (Lipinski definition) is 2. The van der Waals surface area contributed by atoms with Crippen LogP contribution in [-0.2, 0) is 6.42 Å². The van der Waals surface area contributed by atoms with Crippen molar-refractivity contribution in [3.8, 4) is 17.6 Å². The molecule has 0 aliphatic carbocycles. The van der Waals surface area contributed by atoms with Gasteiger partial charge in [-0.1, -0.05) is 18.1 Å². The van der Waals surface area contributed by atoms with E-state index in [0.29, 0.717) is 13.0 Å². The van der Waals surface area contributed by atoms with Gasteiger partial charge in [-0.25, -0.2) is 0 Å². The molecule has 1 unspecified atom stereocenters. The Morgan fingerprint density at radius 3 is 2.53 bits per heavy atom. The van der Waals surface area contributed by atoms with Crippen molar-refractivity contribution in [2.24, 2.45) is 5.73 Å². The predicted octanol–water partition coefficient (Wildman–Crippen LogP) is 1.37. The smallest absolute Gasteiger partial charge is 0.149 e. The fraction of sp³-hybridized carbons (Fsp3) is 0.385. The molecule has 94 valence electrons. The monoisotopic (exact) mass is 255 g/mol. The molecular formula is C13H18ClNO2. The van der Waals surface area contributed by atoms with E-state index in [-0.39, 0.29) is 25.1 Å². The van der Waals surface area contributed by atoms with Crippen LogP contribution >= 0.6 is 12.4 Å². The third-order valence-electron chi connectivity index (χ3n) is 2.14. The van der Waals surface area contributed by atoms with Crippen LogP contribution in [0.1, 0.15) is 12.5 Å². The van der Waals surface area contributed by atoms with Gasteiger partial charge in [0.05, 0.1) is 6.61 Å². The lowest BCUT2D eigenvalue weighted by Gasteiger charge is -2.08. The zero-order chi connectivity index (χ0) is 11.8. The van der Waals surface area contributed by atoms with Gasteiger partial charge in [-0.05, 0) is 31.0 Å². The van der Waals surface area contributed by atoms with E-state index in [0.717, 1.165) is 11.3 Å². The van der Waals surface area contributed by atoms with E-state index in [4.69, 9.17) is 15.6 Å². The van der Waals surface area contributed by atoms with Crippen LogP contribution in [0, 0.1) is 11.8 Å². The molecule has 3 nitrogen and oxygen atoms in total. The number of nitrogens with two attached hydrogens (primary N) is 1. The van der Waals surface area contributed by atoms with Gasteiger partial charge in [0, 0.05) is 6.04 Å². The Bertz CT molecular complexity index is 367. The lowest BCUT2D eigenvalue weighted by Crippen LogP contribution is -2.26. The molecular weight excluding hydrogens is 238 g/mol. The molecule has 17 heavy (non-hydrogen) atoms. The van der Waals surface area contributed by atoms with Crippen molar-refractivity contribution in [3.05, 3.63) is 29.8 Å². The highest BCUT2D eigenvalue weighted by Gasteiger charge is 2.02. The summed E-state index contributed by atoms with van der Waals surface area (Å²) >= 11 is 0. The van der Waals surface area contributed by atoms with E-state index >= 15 is 0 Å². The molecule has 4 heteroatoms. The van der Waals surface area contributed by atoms with Crippen molar-refractivity contribution in [2.75, 3.05) is 13.2 Å². The average Bonchev–Trinajstić information content (AvgIpc) is 2.31. The van der Waals surface area contributed by atoms with Gasteiger partial charge in [0.25, 0.3) is 0 Å². The van der Waals surface area contributed by atoms with Gasteiger partial charge in [0.15, 0.2) is 0 Å². The Labute approximate surface area is 108 Å². The van der Waals surface area contributed by atoms with Crippen molar-refractivity contribution in [1.29, 1.82) is 0 Å². The SMILES string of the molecule is CC#CCOc1ccc(CC(N)CO)cc1.Cl. The van der Waals surface area contributed by atoms with E-state index in [2.05, 4.69) is 11.8 Å². The first kappa shape index (κ1) is 15.8. The molecule has 0 spiro atoms. The summed E-state index contributed by atoms with van der Waals surface area (Å²) in [5.74, 6) is 6.39. The molecule has 0 saturated heterocycles. The zero-order valence-corrected chi connectivity index (χ0v) is 10.7. The number of benzene rings is 1. The highest BCUT2D eigenvalue weighted by atomic mass is 35.5. The van der Waals surface area contributed by atoms with Crippen LogP contribution in [0.25, 0.3) is 0 Å². The van der Waals surface area contributed by atoms with Crippen LogP contribution in [0.15, 0.2) is 24.3 Å². The fourth-order valence-corrected chi connectivity index (χ4v) is 1.28. The number of aliphatic hydroxyl groups is 1. The summed E-state index contributed by atoms with van der Waals surface area (Å²) < 4.78 is 5.38. The molecule has 3 N–H and O–H groups in total. The first-order valence-corrected chi connectivity index (χ1v) is 5.24. The molecule has 0 aliphatic heterocycles. The second kappa shape index (κ2) is 8.89. The lowest BCUT2D eigenvalue weighted by molar-refractivity contribution is 0.265. The van der Waals surface area contributed by atoms with E-state index in [1.807, 2.05) is 24.3 Å². The largest absolute Gasteiger partial charge is 0.481 e. The van der Waals surface area contributed by atoms with Gasteiger partial charge >= 0.3 is 0 Å². The van der Waals surface area contributed by atoms with Gasteiger partial charge in [-0.15, -0.1) is 18.3 Å². The van der Waals surface area contributed by atoms with Crippen molar-refractivity contribution >= 4 is 12.4 Å². The number of ether oxygens (including phenoxy) is 1. The van der Waals surface area contributed by atoms with E-state index in [1.54, 1.807) is 6.92 Å². The summed E-state index contributed by atoms with van der Waals surface area (Å²) in [5, 5.41) is 8.83. The number of hydrogen-bond acceptors (Lipinski definition) is 3. The van der Waals surface area contributed by atoms with Crippen molar-refractivity contribution in [1.82, 2.24) is 0 Å². The maximum absolute atomic E-state index is 8.83. The van der Waals surface area contributed by atoms with Gasteiger partial charge in [-0.3, -0.25) is 0 Å². The van der Waals surface area contributed by atoms with Gasteiger partial charge in [-0.2, -0.15) is 0 Å². The number of rotatable bonds is 5. The molecule has 1 aromatic carbocycles. The van der Waals surface area contributed by atoms with Crippen LogP contribution in [0.3, 0.4) is 0 Å². The summed E-state index contributed by atoms with van der Waals surface area (Å²) in [4.78, 5) is 0.